The summed E-state index contributed by atoms with van der Waals surface area (Å²) in [6, 6.07) is 5.21. The predicted molar refractivity (Wildman–Crippen MR) is 81.3 cm³/mol. The summed E-state index contributed by atoms with van der Waals surface area (Å²) in [6.07, 6.45) is 0.421. The number of carbonyl (C=O) groups excluding carboxylic acids is 1. The molecule has 110 valence electrons. The van der Waals surface area contributed by atoms with Gasteiger partial charge in [-0.2, -0.15) is 0 Å². The molecule has 0 atom stereocenters. The lowest BCUT2D eigenvalue weighted by Gasteiger charge is -2.46. The van der Waals surface area contributed by atoms with Gasteiger partial charge in [0.25, 0.3) is 0 Å². The van der Waals surface area contributed by atoms with Crippen LogP contribution in [0.3, 0.4) is 0 Å². The number of hydrogen-bond acceptors (Lipinski definition) is 2. The zero-order valence-corrected chi connectivity index (χ0v) is 13.2. The van der Waals surface area contributed by atoms with E-state index >= 15 is 0 Å². The maximum atomic E-state index is 12.8. The molecule has 0 heterocycles. The Labute approximate surface area is 129 Å². The predicted octanol–water partition coefficient (Wildman–Crippen LogP) is 3.25. The smallest absolute Gasteiger partial charge is 0.233 e. The van der Waals surface area contributed by atoms with Crippen LogP contribution in [0.4, 0.5) is 0 Å². The van der Waals surface area contributed by atoms with Crippen molar-refractivity contribution in [3.8, 4) is 0 Å². The van der Waals surface area contributed by atoms with Gasteiger partial charge in [-0.3, -0.25) is 4.79 Å². The second-order valence-corrected chi connectivity index (χ2v) is 6.15. The normalized spacial score (nSPS) is 25.1. The molecule has 0 aliphatic heterocycles. The second kappa shape index (κ2) is 5.92. The Morgan fingerprint density at radius 3 is 2.15 bits per heavy atom. The lowest BCUT2D eigenvalue weighted by atomic mass is 9.61. The number of hydrogen-bond donors (Lipinski definition) is 1. The number of aliphatic hydroxyl groups excluding tert-OH is 1. The van der Waals surface area contributed by atoms with Crippen molar-refractivity contribution in [1.29, 1.82) is 0 Å². The lowest BCUT2D eigenvalue weighted by Crippen LogP contribution is -2.56. The fourth-order valence-corrected chi connectivity index (χ4v) is 3.45. The number of rotatable bonds is 4. The van der Waals surface area contributed by atoms with E-state index in [0.29, 0.717) is 36.0 Å². The first-order valence-corrected chi connectivity index (χ1v) is 7.62. The Bertz CT molecular complexity index is 488. The van der Waals surface area contributed by atoms with Gasteiger partial charge in [0.1, 0.15) is 0 Å². The summed E-state index contributed by atoms with van der Waals surface area (Å²) in [5.74, 6) is 0.0473. The van der Waals surface area contributed by atoms with Crippen molar-refractivity contribution < 1.29 is 9.90 Å². The van der Waals surface area contributed by atoms with Gasteiger partial charge in [-0.1, -0.05) is 23.2 Å². The largest absolute Gasteiger partial charge is 0.393 e. The van der Waals surface area contributed by atoms with Crippen molar-refractivity contribution >= 4 is 29.1 Å². The number of likely N-dealkylation sites (N-methyl/N-ethyl adjacent to an activating group) is 1. The molecule has 1 amide bonds. The summed E-state index contributed by atoms with van der Waals surface area (Å²) in [6.45, 7) is 5.22. The van der Waals surface area contributed by atoms with Crippen LogP contribution in [0.15, 0.2) is 18.2 Å². The summed E-state index contributed by atoms with van der Waals surface area (Å²) >= 11 is 12.1. The molecule has 5 heteroatoms. The van der Waals surface area contributed by atoms with Crippen LogP contribution in [-0.2, 0) is 10.2 Å². The van der Waals surface area contributed by atoms with Gasteiger partial charge in [0.05, 0.1) is 11.5 Å². The minimum atomic E-state index is -0.681. The van der Waals surface area contributed by atoms with Crippen LogP contribution in [0.1, 0.15) is 32.3 Å². The molecule has 1 saturated carbocycles. The molecule has 2 rings (SSSR count). The molecular weight excluding hydrogens is 297 g/mol. The minimum absolute atomic E-state index is 0.0473. The third kappa shape index (κ3) is 2.67. The highest BCUT2D eigenvalue weighted by Gasteiger charge is 2.52. The molecule has 0 radical (unpaired) electrons. The van der Waals surface area contributed by atoms with Gasteiger partial charge in [0.2, 0.25) is 5.91 Å². The van der Waals surface area contributed by atoms with Crippen LogP contribution < -0.4 is 0 Å². The molecule has 1 aromatic rings. The van der Waals surface area contributed by atoms with Gasteiger partial charge in [-0.15, -0.1) is 0 Å². The van der Waals surface area contributed by atoms with Crippen LogP contribution in [0, 0.1) is 0 Å². The molecular formula is C15H19Cl2NO2. The van der Waals surface area contributed by atoms with Crippen molar-refractivity contribution in [2.45, 2.75) is 38.2 Å². The Morgan fingerprint density at radius 1 is 1.25 bits per heavy atom. The molecule has 0 unspecified atom stereocenters. The zero-order valence-electron chi connectivity index (χ0n) is 11.7. The third-order valence-corrected chi connectivity index (χ3v) is 4.48. The van der Waals surface area contributed by atoms with Crippen molar-refractivity contribution in [1.82, 2.24) is 4.90 Å². The summed E-state index contributed by atoms with van der Waals surface area (Å²) in [4.78, 5) is 14.6. The number of benzene rings is 1. The summed E-state index contributed by atoms with van der Waals surface area (Å²) in [7, 11) is 0. The molecule has 1 aromatic carbocycles. The SMILES string of the molecule is CCN(CC)C(=O)C1(c2cc(Cl)cc(Cl)c2)CC(O)C1. The number of halogens is 2. The van der Waals surface area contributed by atoms with E-state index in [0.717, 1.165) is 5.56 Å². The third-order valence-electron chi connectivity index (χ3n) is 4.04. The van der Waals surface area contributed by atoms with Gasteiger partial charge >= 0.3 is 0 Å². The Hall–Kier alpha value is -0.770. The second-order valence-electron chi connectivity index (χ2n) is 5.28. The van der Waals surface area contributed by atoms with Gasteiger partial charge in [-0.25, -0.2) is 0 Å². The Kier molecular flexibility index (Phi) is 4.62. The highest BCUT2D eigenvalue weighted by Crippen LogP contribution is 2.46. The lowest BCUT2D eigenvalue weighted by molar-refractivity contribution is -0.145. The first-order chi connectivity index (χ1) is 9.42. The molecule has 1 aliphatic carbocycles. The standard InChI is InChI=1S/C15H19Cl2NO2/c1-3-18(4-2)14(20)15(8-13(19)9-15)10-5-11(16)7-12(17)6-10/h5-7,13,19H,3-4,8-9H2,1-2H3. The Balaban J connectivity index is 2.42. The highest BCUT2D eigenvalue weighted by molar-refractivity contribution is 6.34. The molecule has 1 N–H and O–H groups in total. The summed E-state index contributed by atoms with van der Waals surface area (Å²) in [5.41, 5.74) is 0.122. The van der Waals surface area contributed by atoms with E-state index < -0.39 is 11.5 Å². The van der Waals surface area contributed by atoms with E-state index in [1.165, 1.54) is 0 Å². The van der Waals surface area contributed by atoms with Gasteiger partial charge in [0.15, 0.2) is 0 Å². The van der Waals surface area contributed by atoms with Crippen molar-refractivity contribution in [2.24, 2.45) is 0 Å². The first-order valence-electron chi connectivity index (χ1n) is 6.87. The van der Waals surface area contributed by atoms with Crippen LogP contribution in [0.25, 0.3) is 0 Å². The number of amides is 1. The summed E-state index contributed by atoms with van der Waals surface area (Å²) < 4.78 is 0. The average Bonchev–Trinajstić information content (AvgIpc) is 2.34. The average molecular weight is 316 g/mol. The molecule has 20 heavy (non-hydrogen) atoms. The monoisotopic (exact) mass is 315 g/mol. The van der Waals surface area contributed by atoms with E-state index in [-0.39, 0.29) is 5.91 Å². The van der Waals surface area contributed by atoms with Gasteiger partial charge in [0, 0.05) is 23.1 Å². The molecule has 1 fully saturated rings. The molecule has 3 nitrogen and oxygen atoms in total. The van der Waals surface area contributed by atoms with E-state index in [1.54, 1.807) is 23.1 Å². The van der Waals surface area contributed by atoms with Crippen LogP contribution in [0.2, 0.25) is 10.0 Å². The maximum Gasteiger partial charge on any atom is 0.233 e. The van der Waals surface area contributed by atoms with E-state index in [2.05, 4.69) is 0 Å². The van der Waals surface area contributed by atoms with Crippen LogP contribution >= 0.6 is 23.2 Å². The molecule has 0 spiro atoms. The zero-order chi connectivity index (χ0) is 14.9. The van der Waals surface area contributed by atoms with Crippen molar-refractivity contribution in [3.05, 3.63) is 33.8 Å². The molecule has 0 bridgehead atoms. The van der Waals surface area contributed by atoms with Gasteiger partial charge in [-0.05, 0) is 50.5 Å². The van der Waals surface area contributed by atoms with E-state index in [4.69, 9.17) is 23.2 Å². The number of nitrogens with zero attached hydrogens (tertiary/aromatic N) is 1. The number of aliphatic hydroxyl groups is 1. The van der Waals surface area contributed by atoms with Crippen LogP contribution in [0.5, 0.6) is 0 Å². The van der Waals surface area contributed by atoms with Crippen LogP contribution in [-0.4, -0.2) is 35.1 Å². The topological polar surface area (TPSA) is 40.5 Å². The van der Waals surface area contributed by atoms with E-state index in [9.17, 15) is 9.90 Å². The number of carbonyl (C=O) groups is 1. The molecule has 1 aliphatic rings. The van der Waals surface area contributed by atoms with E-state index in [1.807, 2.05) is 13.8 Å². The highest BCUT2D eigenvalue weighted by atomic mass is 35.5. The summed E-state index contributed by atoms with van der Waals surface area (Å²) in [5, 5.41) is 10.8. The fraction of sp³-hybridized carbons (Fsp3) is 0.533. The molecule has 0 aromatic heterocycles. The van der Waals surface area contributed by atoms with Crippen molar-refractivity contribution in [2.75, 3.05) is 13.1 Å². The quantitative estimate of drug-likeness (QED) is 0.926. The molecule has 0 saturated heterocycles. The fourth-order valence-electron chi connectivity index (χ4n) is 2.92. The maximum absolute atomic E-state index is 12.8. The minimum Gasteiger partial charge on any atom is -0.393 e. The Morgan fingerprint density at radius 2 is 1.75 bits per heavy atom. The van der Waals surface area contributed by atoms with Gasteiger partial charge < -0.3 is 10.0 Å². The first kappa shape index (κ1) is 15.6. The van der Waals surface area contributed by atoms with Crippen molar-refractivity contribution in [3.63, 3.8) is 0 Å².